The number of non-ortho nitro benzene ring substituents is 1. The maximum absolute atomic E-state index is 12.4. The van der Waals surface area contributed by atoms with Gasteiger partial charge in [0.25, 0.3) is 5.69 Å². The Morgan fingerprint density at radius 1 is 1.28 bits per heavy atom. The van der Waals surface area contributed by atoms with E-state index in [1.807, 2.05) is 0 Å². The number of nitrogens with one attached hydrogen (secondary N) is 1. The van der Waals surface area contributed by atoms with Crippen molar-refractivity contribution in [2.24, 2.45) is 0 Å². The lowest BCUT2D eigenvalue weighted by Crippen LogP contribution is -2.31. The zero-order valence-corrected chi connectivity index (χ0v) is 14.0. The smallest absolute Gasteiger partial charge is 0.336 e. The van der Waals surface area contributed by atoms with Gasteiger partial charge in [0, 0.05) is 23.5 Å². The van der Waals surface area contributed by atoms with Gasteiger partial charge in [-0.15, -0.1) is 0 Å². The molecule has 0 spiro atoms. The number of carbonyl (C=O) groups excluding carboxylic acids is 1. The molecule has 1 heterocycles. The molecule has 1 aliphatic heterocycles. The molecule has 0 unspecified atom stereocenters. The van der Waals surface area contributed by atoms with E-state index in [1.54, 1.807) is 26.8 Å². The van der Waals surface area contributed by atoms with Crippen LogP contribution in [0.5, 0.6) is 0 Å². The first-order valence-electron chi connectivity index (χ1n) is 7.61. The van der Waals surface area contributed by atoms with Gasteiger partial charge in [-0.05, 0) is 26.3 Å². The highest BCUT2D eigenvalue weighted by Crippen LogP contribution is 2.39. The third-order valence-corrected chi connectivity index (χ3v) is 3.90. The van der Waals surface area contributed by atoms with Crippen LogP contribution in [0.1, 0.15) is 32.3 Å². The van der Waals surface area contributed by atoms with Crippen LogP contribution >= 0.6 is 0 Å². The Morgan fingerprint density at radius 3 is 2.48 bits per heavy atom. The van der Waals surface area contributed by atoms with Crippen molar-refractivity contribution in [3.8, 4) is 0 Å². The van der Waals surface area contributed by atoms with E-state index < -0.39 is 22.8 Å². The van der Waals surface area contributed by atoms with Crippen LogP contribution in [0.15, 0.2) is 46.8 Å². The number of hydrogen-bond acceptors (Lipinski definition) is 6. The lowest BCUT2D eigenvalue weighted by Gasteiger charge is -2.29. The minimum absolute atomic E-state index is 0.0471. The van der Waals surface area contributed by atoms with Crippen LogP contribution in [0.3, 0.4) is 0 Å². The van der Waals surface area contributed by atoms with Crippen LogP contribution in [-0.2, 0) is 14.3 Å². The molecule has 0 saturated carbocycles. The van der Waals surface area contributed by atoms with E-state index >= 15 is 0 Å². The molecule has 25 heavy (non-hydrogen) atoms. The molecule has 8 nitrogen and oxygen atoms in total. The Bertz CT molecular complexity index is 809. The number of nitro benzene ring substituents is 1. The predicted octanol–water partition coefficient (Wildman–Crippen LogP) is 2.48. The highest BCUT2D eigenvalue weighted by Gasteiger charge is 2.37. The molecule has 0 fully saturated rings. The summed E-state index contributed by atoms with van der Waals surface area (Å²) in [4.78, 5) is 34.7. The summed E-state index contributed by atoms with van der Waals surface area (Å²) in [5.74, 6) is -2.83. The zero-order valence-electron chi connectivity index (χ0n) is 14.0. The van der Waals surface area contributed by atoms with Crippen LogP contribution in [0.2, 0.25) is 0 Å². The Morgan fingerprint density at radius 2 is 1.92 bits per heavy atom. The largest absolute Gasteiger partial charge is 0.478 e. The van der Waals surface area contributed by atoms with E-state index in [4.69, 9.17) is 4.74 Å². The molecule has 8 heteroatoms. The third-order valence-electron chi connectivity index (χ3n) is 3.90. The number of hydrogen-bond donors (Lipinski definition) is 2. The summed E-state index contributed by atoms with van der Waals surface area (Å²) in [6.07, 6.45) is 0. The molecule has 2 N–H and O–H groups in total. The van der Waals surface area contributed by atoms with Crippen LogP contribution in [0, 0.1) is 10.1 Å². The fraction of sp³-hybridized carbons (Fsp3) is 0.294. The van der Waals surface area contributed by atoms with Gasteiger partial charge in [0.05, 0.1) is 28.6 Å². The number of esters is 1. The van der Waals surface area contributed by atoms with Gasteiger partial charge in [-0.2, -0.15) is 0 Å². The first-order valence-corrected chi connectivity index (χ1v) is 7.61. The van der Waals surface area contributed by atoms with Gasteiger partial charge in [0.2, 0.25) is 0 Å². The summed E-state index contributed by atoms with van der Waals surface area (Å²) < 4.78 is 5.06. The molecule has 1 aliphatic rings. The topological polar surface area (TPSA) is 119 Å². The lowest BCUT2D eigenvalue weighted by molar-refractivity contribution is -0.384. The minimum atomic E-state index is -1.21. The fourth-order valence-electron chi connectivity index (χ4n) is 2.91. The summed E-state index contributed by atoms with van der Waals surface area (Å²) >= 11 is 0. The van der Waals surface area contributed by atoms with Gasteiger partial charge in [-0.1, -0.05) is 12.1 Å². The van der Waals surface area contributed by atoms with Gasteiger partial charge < -0.3 is 15.2 Å². The molecule has 2 rings (SSSR count). The highest BCUT2D eigenvalue weighted by molar-refractivity contribution is 5.99. The number of carboxylic acids is 1. The van der Waals surface area contributed by atoms with E-state index in [0.717, 1.165) is 0 Å². The molecular formula is C17H18N2O6. The first kappa shape index (κ1) is 18.2. The van der Waals surface area contributed by atoms with Crippen molar-refractivity contribution < 1.29 is 24.4 Å². The molecule has 1 atom stereocenters. The van der Waals surface area contributed by atoms with Crippen molar-refractivity contribution in [3.63, 3.8) is 0 Å². The van der Waals surface area contributed by atoms with Crippen molar-refractivity contribution in [1.29, 1.82) is 0 Å². The normalized spacial score (nSPS) is 17.2. The zero-order chi connectivity index (χ0) is 18.7. The number of nitro groups is 1. The van der Waals surface area contributed by atoms with Gasteiger partial charge >= 0.3 is 11.9 Å². The predicted molar refractivity (Wildman–Crippen MR) is 88.6 cm³/mol. The average molecular weight is 346 g/mol. The molecule has 132 valence electrons. The first-order chi connectivity index (χ1) is 11.8. The monoisotopic (exact) mass is 346 g/mol. The molecule has 0 amide bonds. The summed E-state index contributed by atoms with van der Waals surface area (Å²) in [5.41, 5.74) is 1.07. The standard InChI is InChI=1S/C17H18N2O6/c1-4-25-17(22)14-10(3)18-9(2)13(16(20)21)15(14)11-6-5-7-12(8-11)19(23)24/h5-8,15,18H,4H2,1-3H3,(H,20,21)/t15-/m0/s1. The maximum Gasteiger partial charge on any atom is 0.336 e. The van der Waals surface area contributed by atoms with Gasteiger partial charge in [-0.25, -0.2) is 9.59 Å². The molecule has 0 bridgehead atoms. The molecule has 0 aliphatic carbocycles. The SMILES string of the molecule is CCOC(=O)C1=C(C)NC(C)=C(C(=O)O)[C@@H]1c1cccc([N+](=O)[O-])c1. The number of nitrogens with zero attached hydrogens (tertiary/aromatic N) is 1. The van der Waals surface area contributed by atoms with Crippen molar-refractivity contribution in [2.75, 3.05) is 6.61 Å². The minimum Gasteiger partial charge on any atom is -0.478 e. The molecule has 0 aromatic heterocycles. The summed E-state index contributed by atoms with van der Waals surface area (Å²) in [5, 5.41) is 23.6. The van der Waals surface area contributed by atoms with Crippen molar-refractivity contribution in [3.05, 3.63) is 62.5 Å². The summed E-state index contributed by atoms with van der Waals surface area (Å²) in [7, 11) is 0. The van der Waals surface area contributed by atoms with Crippen molar-refractivity contribution in [2.45, 2.75) is 26.7 Å². The second kappa shape index (κ2) is 7.16. The lowest BCUT2D eigenvalue weighted by atomic mass is 9.80. The van der Waals surface area contributed by atoms with Crippen molar-refractivity contribution >= 4 is 17.6 Å². The average Bonchev–Trinajstić information content (AvgIpc) is 2.53. The van der Waals surface area contributed by atoms with E-state index in [0.29, 0.717) is 17.0 Å². The Kier molecular flexibility index (Phi) is 5.21. The number of carbonyl (C=O) groups is 2. The number of ether oxygens (including phenoxy) is 1. The van der Waals surface area contributed by atoms with Crippen molar-refractivity contribution in [1.82, 2.24) is 5.32 Å². The van der Waals surface area contributed by atoms with Crippen LogP contribution in [-0.4, -0.2) is 28.6 Å². The second-order valence-corrected chi connectivity index (χ2v) is 5.51. The summed E-state index contributed by atoms with van der Waals surface area (Å²) in [6, 6.07) is 5.61. The van der Waals surface area contributed by atoms with E-state index in [9.17, 15) is 24.8 Å². The van der Waals surface area contributed by atoms with E-state index in [1.165, 1.54) is 18.2 Å². The van der Waals surface area contributed by atoms with Crippen LogP contribution < -0.4 is 5.32 Å². The highest BCUT2D eigenvalue weighted by atomic mass is 16.6. The fourth-order valence-corrected chi connectivity index (χ4v) is 2.91. The Labute approximate surface area is 143 Å². The third kappa shape index (κ3) is 3.52. The van der Waals surface area contributed by atoms with Gasteiger partial charge in [0.15, 0.2) is 0 Å². The number of carboxylic acid groups (broad SMARTS) is 1. The van der Waals surface area contributed by atoms with Gasteiger partial charge in [-0.3, -0.25) is 10.1 Å². The number of aliphatic carboxylic acids is 1. The quantitative estimate of drug-likeness (QED) is 0.477. The molecule has 1 aromatic rings. The Balaban J connectivity index is 2.69. The second-order valence-electron chi connectivity index (χ2n) is 5.51. The number of dihydropyridines is 1. The molecule has 1 aromatic carbocycles. The molecule has 0 saturated heterocycles. The van der Waals surface area contributed by atoms with Gasteiger partial charge in [0.1, 0.15) is 0 Å². The maximum atomic E-state index is 12.4. The number of benzene rings is 1. The summed E-state index contributed by atoms with van der Waals surface area (Å²) in [6.45, 7) is 4.99. The Hall–Kier alpha value is -3.16. The van der Waals surface area contributed by atoms with E-state index in [-0.39, 0.29) is 23.4 Å². The van der Waals surface area contributed by atoms with Crippen LogP contribution in [0.25, 0.3) is 0 Å². The number of allylic oxidation sites excluding steroid dienone is 2. The molecule has 0 radical (unpaired) electrons. The molecular weight excluding hydrogens is 328 g/mol. The van der Waals surface area contributed by atoms with Crippen LogP contribution in [0.4, 0.5) is 5.69 Å². The van der Waals surface area contributed by atoms with E-state index in [2.05, 4.69) is 5.32 Å². The number of rotatable bonds is 5.